The fourth-order valence-corrected chi connectivity index (χ4v) is 3.39. The van der Waals surface area contributed by atoms with Crippen LogP contribution in [0.2, 0.25) is 0 Å². The van der Waals surface area contributed by atoms with Gasteiger partial charge in [-0.1, -0.05) is 36.4 Å². The topological polar surface area (TPSA) is 73.4 Å². The molecule has 4 rings (SSSR count). The predicted molar refractivity (Wildman–Crippen MR) is 127 cm³/mol. The van der Waals surface area contributed by atoms with E-state index >= 15 is 0 Å². The molecule has 2 amide bonds. The number of carbonyl (C=O) groups excluding carboxylic acids is 1. The number of anilines is 4. The van der Waals surface area contributed by atoms with Crippen molar-refractivity contribution in [2.24, 2.45) is 0 Å². The molecule has 0 saturated heterocycles. The highest BCUT2D eigenvalue weighted by molar-refractivity contribution is 6.02. The number of carbonyl (C=O) groups is 1. The maximum absolute atomic E-state index is 13.0. The molecule has 8 heteroatoms. The van der Waals surface area contributed by atoms with Gasteiger partial charge in [0.25, 0.3) is 0 Å². The molecule has 0 radical (unpaired) electrons. The number of amides is 2. The van der Waals surface area contributed by atoms with Gasteiger partial charge in [0.15, 0.2) is 0 Å². The van der Waals surface area contributed by atoms with Crippen LogP contribution in [0.3, 0.4) is 0 Å². The Labute approximate surface area is 193 Å². The van der Waals surface area contributed by atoms with Crippen LogP contribution in [0.5, 0.6) is 5.75 Å². The molecule has 5 nitrogen and oxygen atoms in total. The van der Waals surface area contributed by atoms with Crippen molar-refractivity contribution in [3.8, 4) is 16.9 Å². The van der Waals surface area contributed by atoms with Crippen LogP contribution in [0.15, 0.2) is 97.1 Å². The normalized spacial score (nSPS) is 11.0. The highest BCUT2D eigenvalue weighted by Gasteiger charge is 2.30. The zero-order valence-corrected chi connectivity index (χ0v) is 17.7. The molecule has 0 heterocycles. The van der Waals surface area contributed by atoms with Crippen molar-refractivity contribution >= 4 is 28.8 Å². The second kappa shape index (κ2) is 9.58. The van der Waals surface area contributed by atoms with Gasteiger partial charge in [0.1, 0.15) is 5.75 Å². The van der Waals surface area contributed by atoms with Gasteiger partial charge in [0.2, 0.25) is 0 Å². The van der Waals surface area contributed by atoms with Crippen LogP contribution in [0.4, 0.5) is 40.7 Å². The average molecular weight is 463 g/mol. The van der Waals surface area contributed by atoms with Crippen molar-refractivity contribution in [1.82, 2.24) is 0 Å². The van der Waals surface area contributed by atoms with Gasteiger partial charge in [-0.25, -0.2) is 4.79 Å². The minimum absolute atomic E-state index is 0.00796. The first-order valence-corrected chi connectivity index (χ1v) is 10.3. The van der Waals surface area contributed by atoms with Crippen molar-refractivity contribution in [1.29, 1.82) is 0 Å². The van der Waals surface area contributed by atoms with Crippen LogP contribution >= 0.6 is 0 Å². The van der Waals surface area contributed by atoms with E-state index in [0.29, 0.717) is 16.8 Å². The monoisotopic (exact) mass is 463 g/mol. The minimum atomic E-state index is -4.52. The molecule has 0 spiro atoms. The first-order chi connectivity index (χ1) is 16.3. The van der Waals surface area contributed by atoms with Gasteiger partial charge >= 0.3 is 12.2 Å². The Kier molecular flexibility index (Phi) is 6.40. The molecule has 34 heavy (non-hydrogen) atoms. The van der Waals surface area contributed by atoms with Crippen LogP contribution in [-0.4, -0.2) is 11.1 Å². The summed E-state index contributed by atoms with van der Waals surface area (Å²) >= 11 is 0. The summed E-state index contributed by atoms with van der Waals surface area (Å²) in [5.41, 5.74) is 2.42. The van der Waals surface area contributed by atoms with Gasteiger partial charge in [0.05, 0.1) is 11.3 Å². The molecule has 0 fully saturated rings. The minimum Gasteiger partial charge on any atom is -0.508 e. The van der Waals surface area contributed by atoms with E-state index in [9.17, 15) is 23.1 Å². The Morgan fingerprint density at radius 1 is 0.706 bits per heavy atom. The summed E-state index contributed by atoms with van der Waals surface area (Å²) in [6, 6.07) is 25.0. The van der Waals surface area contributed by atoms with Crippen molar-refractivity contribution < 1.29 is 23.1 Å². The van der Waals surface area contributed by atoms with Crippen molar-refractivity contribution in [3.05, 3.63) is 103 Å². The van der Waals surface area contributed by atoms with Gasteiger partial charge in [-0.15, -0.1) is 0 Å². The number of benzene rings is 4. The summed E-state index contributed by atoms with van der Waals surface area (Å²) in [7, 11) is 0. The van der Waals surface area contributed by atoms with E-state index in [1.165, 1.54) is 18.2 Å². The highest BCUT2D eigenvalue weighted by Crippen LogP contribution is 2.34. The number of hydrogen-bond acceptors (Lipinski definition) is 3. The first kappa shape index (κ1) is 22.7. The number of urea groups is 1. The Morgan fingerprint density at radius 2 is 1.44 bits per heavy atom. The maximum Gasteiger partial charge on any atom is 0.416 e. The third kappa shape index (κ3) is 5.66. The largest absolute Gasteiger partial charge is 0.508 e. The van der Waals surface area contributed by atoms with Crippen LogP contribution in [0, 0.1) is 0 Å². The van der Waals surface area contributed by atoms with Gasteiger partial charge in [0, 0.05) is 22.6 Å². The number of phenolic OH excluding ortho intramolecular Hbond substituents is 1. The molecule has 0 bridgehead atoms. The maximum atomic E-state index is 13.0. The molecular weight excluding hydrogens is 443 g/mol. The molecule has 0 aliphatic rings. The van der Waals surface area contributed by atoms with E-state index in [2.05, 4.69) is 16.0 Å². The summed E-state index contributed by atoms with van der Waals surface area (Å²) in [5.74, 6) is 0.0540. The van der Waals surface area contributed by atoms with E-state index in [1.54, 1.807) is 30.3 Å². The van der Waals surface area contributed by atoms with E-state index in [-0.39, 0.29) is 11.4 Å². The van der Waals surface area contributed by atoms with Crippen molar-refractivity contribution in [2.45, 2.75) is 6.18 Å². The average Bonchev–Trinajstić information content (AvgIpc) is 2.80. The fraction of sp³-hybridized carbons (Fsp3) is 0.0385. The number of halogens is 3. The van der Waals surface area contributed by atoms with Crippen LogP contribution in [0.25, 0.3) is 11.1 Å². The van der Waals surface area contributed by atoms with Gasteiger partial charge in [-0.3, -0.25) is 0 Å². The van der Waals surface area contributed by atoms with Crippen LogP contribution < -0.4 is 16.0 Å². The number of hydrogen-bond donors (Lipinski definition) is 4. The van der Waals surface area contributed by atoms with Crippen LogP contribution in [-0.2, 0) is 6.18 Å². The predicted octanol–water partition coefficient (Wildman–Crippen LogP) is 7.47. The smallest absolute Gasteiger partial charge is 0.416 e. The quantitative estimate of drug-likeness (QED) is 0.248. The van der Waals surface area contributed by atoms with Crippen molar-refractivity contribution in [3.63, 3.8) is 0 Å². The summed E-state index contributed by atoms with van der Waals surface area (Å²) in [6.45, 7) is 0. The molecular formula is C26H20F3N3O2. The molecule has 4 aromatic rings. The first-order valence-electron chi connectivity index (χ1n) is 10.3. The Hall–Kier alpha value is -4.46. The van der Waals surface area contributed by atoms with E-state index in [4.69, 9.17) is 0 Å². The third-order valence-corrected chi connectivity index (χ3v) is 4.94. The lowest BCUT2D eigenvalue weighted by Crippen LogP contribution is -2.20. The number of nitrogens with one attached hydrogen (secondary N) is 3. The molecule has 172 valence electrons. The molecule has 0 aromatic heterocycles. The van der Waals surface area contributed by atoms with Crippen molar-refractivity contribution in [2.75, 3.05) is 16.0 Å². The van der Waals surface area contributed by atoms with Gasteiger partial charge < -0.3 is 21.1 Å². The van der Waals surface area contributed by atoms with E-state index < -0.39 is 17.8 Å². The lowest BCUT2D eigenvalue weighted by atomic mass is 10.0. The molecule has 0 atom stereocenters. The second-order valence-electron chi connectivity index (χ2n) is 7.46. The molecule has 0 aliphatic carbocycles. The molecule has 4 aromatic carbocycles. The lowest BCUT2D eigenvalue weighted by Gasteiger charge is -2.16. The van der Waals surface area contributed by atoms with E-state index in [0.717, 1.165) is 23.5 Å². The third-order valence-electron chi connectivity index (χ3n) is 4.94. The lowest BCUT2D eigenvalue weighted by molar-refractivity contribution is -0.137. The second-order valence-corrected chi connectivity index (χ2v) is 7.46. The highest BCUT2D eigenvalue weighted by atomic mass is 19.4. The number of aromatic hydroxyl groups is 1. The summed E-state index contributed by atoms with van der Waals surface area (Å²) < 4.78 is 38.9. The molecule has 0 aliphatic heterocycles. The molecule has 4 N–H and O–H groups in total. The number of para-hydroxylation sites is 1. The zero-order chi connectivity index (χ0) is 24.1. The SMILES string of the molecule is O=C(Nc1cccc(C(F)(F)F)c1)Nc1ccc(Nc2ccccc2)cc1-c1cccc(O)c1. The fourth-order valence-electron chi connectivity index (χ4n) is 3.39. The number of rotatable bonds is 5. The Morgan fingerprint density at radius 3 is 2.18 bits per heavy atom. The summed E-state index contributed by atoms with van der Waals surface area (Å²) in [4.78, 5) is 12.6. The molecule has 0 unspecified atom stereocenters. The zero-order valence-electron chi connectivity index (χ0n) is 17.7. The Bertz CT molecular complexity index is 1310. The molecule has 0 saturated carbocycles. The summed E-state index contributed by atoms with van der Waals surface area (Å²) in [6.07, 6.45) is -4.52. The number of alkyl halides is 3. The Balaban J connectivity index is 1.61. The van der Waals surface area contributed by atoms with E-state index in [1.807, 2.05) is 36.4 Å². The number of phenols is 1. The standard InChI is InChI=1S/C26H20F3N3O2/c27-26(28,29)18-7-5-10-20(15-18)31-25(34)32-24-13-12-21(30-19-8-2-1-3-9-19)16-23(24)17-6-4-11-22(33)14-17/h1-16,30,33H,(H2,31,32,34). The van der Waals surface area contributed by atoms with Gasteiger partial charge in [-0.05, 0) is 66.2 Å². The van der Waals surface area contributed by atoms with Crippen LogP contribution in [0.1, 0.15) is 5.56 Å². The van der Waals surface area contributed by atoms with Gasteiger partial charge in [-0.2, -0.15) is 13.2 Å². The summed E-state index contributed by atoms with van der Waals surface area (Å²) in [5, 5.41) is 18.3.